The average Bonchev–Trinajstić information content (AvgIpc) is 3.67. The zero-order valence-electron chi connectivity index (χ0n) is 42.4. The van der Waals surface area contributed by atoms with Crippen molar-refractivity contribution in [2.75, 3.05) is 0 Å². The molecule has 0 unspecified atom stereocenters. The molecule has 0 amide bonds. The summed E-state index contributed by atoms with van der Waals surface area (Å²) in [6, 6.07) is 47.4. The number of imidazole rings is 1. The van der Waals surface area contributed by atoms with Gasteiger partial charge in [-0.05, 0) is 121 Å². The van der Waals surface area contributed by atoms with Gasteiger partial charge in [0.15, 0.2) is 0 Å². The van der Waals surface area contributed by atoms with Crippen LogP contribution in [-0.4, -0.2) is 19.6 Å². The first-order valence-corrected chi connectivity index (χ1v) is 24.1. The number of phenolic OH excluding ortho intramolecular Hbond substituents is 1. The zero-order chi connectivity index (χ0) is 48.2. The number of allylic oxidation sites excluding steroid dienone is 1. The molecule has 0 atom stereocenters. The molecule has 8 rings (SSSR count). The molecule has 1 N–H and O–H groups in total. The summed E-state index contributed by atoms with van der Waals surface area (Å²) >= 11 is 0. The first-order chi connectivity index (χ1) is 31.6. The van der Waals surface area contributed by atoms with E-state index >= 15 is 0 Å². The molecular weight excluding hydrogens is 1010 g/mol. The SMILES string of the molecule is C=C(CCC)c1cccc(C(C)(C)C)c1-c1ccc(-n2c(-c3cc(C(C)(C)C)cc(C(C)C)c3O)nc3c(-c4[c-]c(-c5cc(-c6ccccc6)ccn5)cc(C(C)(C)C)c4)cccc32)c(C)c1.[Pt]. The third-order valence-corrected chi connectivity index (χ3v) is 13.3. The van der Waals surface area contributed by atoms with Crippen molar-refractivity contribution in [3.8, 4) is 67.5 Å². The number of aromatic hydroxyl groups is 1. The number of fused-ring (bicyclic) bond motifs is 1. The van der Waals surface area contributed by atoms with E-state index in [0.717, 1.165) is 90.9 Å². The van der Waals surface area contributed by atoms with Gasteiger partial charge in [-0.1, -0.05) is 186 Å². The van der Waals surface area contributed by atoms with E-state index in [1.165, 1.54) is 22.3 Å². The van der Waals surface area contributed by atoms with Gasteiger partial charge in [0.05, 0.1) is 22.3 Å². The summed E-state index contributed by atoms with van der Waals surface area (Å²) in [5, 5.41) is 12.4. The molecule has 0 spiro atoms. The Hall–Kier alpha value is -5.83. The van der Waals surface area contributed by atoms with Crippen LogP contribution in [0.1, 0.15) is 135 Å². The van der Waals surface area contributed by atoms with Crippen LogP contribution in [0.3, 0.4) is 0 Å². The molecule has 6 aromatic carbocycles. The third-order valence-electron chi connectivity index (χ3n) is 13.3. The van der Waals surface area contributed by atoms with Crippen molar-refractivity contribution >= 4 is 16.6 Å². The van der Waals surface area contributed by atoms with Crippen molar-refractivity contribution in [3.05, 3.63) is 174 Å². The van der Waals surface area contributed by atoms with Crippen molar-refractivity contribution in [3.63, 3.8) is 0 Å². The van der Waals surface area contributed by atoms with Crippen LogP contribution in [0.5, 0.6) is 5.75 Å². The summed E-state index contributed by atoms with van der Waals surface area (Å²) in [6.45, 7) is 33.6. The number of hydrogen-bond donors (Lipinski definition) is 1. The number of hydrogen-bond acceptors (Lipinski definition) is 3. The first-order valence-electron chi connectivity index (χ1n) is 24.1. The van der Waals surface area contributed by atoms with Crippen molar-refractivity contribution in [1.29, 1.82) is 0 Å². The molecule has 8 aromatic rings. The Balaban J connectivity index is 0.00000684. The van der Waals surface area contributed by atoms with Gasteiger partial charge in [0.1, 0.15) is 11.6 Å². The second-order valence-corrected chi connectivity index (χ2v) is 21.9. The van der Waals surface area contributed by atoms with Crippen LogP contribution in [0.25, 0.3) is 78.3 Å². The van der Waals surface area contributed by atoms with Crippen molar-refractivity contribution in [1.82, 2.24) is 14.5 Å². The number of aromatic nitrogens is 3. The van der Waals surface area contributed by atoms with Gasteiger partial charge < -0.3 is 5.11 Å². The van der Waals surface area contributed by atoms with Crippen LogP contribution < -0.4 is 0 Å². The maximum Gasteiger partial charge on any atom is 0.148 e. The van der Waals surface area contributed by atoms with Gasteiger partial charge >= 0.3 is 0 Å². The predicted octanol–water partition coefficient (Wildman–Crippen LogP) is 17.4. The third kappa shape index (κ3) is 9.86. The number of aryl methyl sites for hydroxylation is 1. The molecule has 0 radical (unpaired) electrons. The maximum atomic E-state index is 12.4. The van der Waals surface area contributed by atoms with Crippen LogP contribution in [0.4, 0.5) is 0 Å². The van der Waals surface area contributed by atoms with Crippen molar-refractivity contribution < 1.29 is 26.2 Å². The second-order valence-electron chi connectivity index (χ2n) is 21.9. The van der Waals surface area contributed by atoms with Gasteiger partial charge in [-0.15, -0.1) is 29.3 Å². The zero-order valence-corrected chi connectivity index (χ0v) is 44.7. The molecule has 0 aliphatic heterocycles. The number of benzene rings is 6. The van der Waals surface area contributed by atoms with Crippen LogP contribution in [-0.2, 0) is 37.3 Å². The summed E-state index contributed by atoms with van der Waals surface area (Å²) in [5.74, 6) is 1.05. The molecule has 352 valence electrons. The van der Waals surface area contributed by atoms with Crippen LogP contribution in [0, 0.1) is 13.0 Å². The molecule has 0 saturated carbocycles. The minimum Gasteiger partial charge on any atom is -0.507 e. The number of pyridine rings is 1. The smallest absolute Gasteiger partial charge is 0.148 e. The van der Waals surface area contributed by atoms with E-state index < -0.39 is 0 Å². The Morgan fingerprint density at radius 1 is 0.691 bits per heavy atom. The fourth-order valence-corrected chi connectivity index (χ4v) is 9.40. The van der Waals surface area contributed by atoms with Crippen LogP contribution >= 0.6 is 0 Å². The quantitative estimate of drug-likeness (QED) is 0.139. The minimum absolute atomic E-state index is 0. The normalized spacial score (nSPS) is 12.1. The maximum absolute atomic E-state index is 12.4. The van der Waals surface area contributed by atoms with Gasteiger partial charge in [0.2, 0.25) is 0 Å². The molecular formula is C63H68N3OPt-. The standard InChI is InChI=1S/C63H68N3O.Pt/c1-15-21-40(4)49-24-19-26-53(63(12,13)14)57(49)44-28-29-55(41(5)32-44)66-56-27-20-25-50(58(56)65-60(66)52-38-48(62(9,10)11)37-51(39(2)3)59(52)67)45-33-46(35-47(34-45)61(6,7)8)54-36-43(30-31-64-54)42-22-17-16-18-23-42;/h16-20,22-32,34-39,67H,4,15,21H2,1-3,5-14H3;/q-1;. The Morgan fingerprint density at radius 3 is 2.01 bits per heavy atom. The summed E-state index contributed by atoms with van der Waals surface area (Å²) < 4.78 is 2.27. The average molecular weight is 1080 g/mol. The van der Waals surface area contributed by atoms with Gasteiger partial charge in [-0.2, -0.15) is 0 Å². The minimum atomic E-state index is -0.170. The second kappa shape index (κ2) is 19.3. The Bertz CT molecular complexity index is 3150. The van der Waals surface area contributed by atoms with Gasteiger partial charge in [0.25, 0.3) is 0 Å². The molecule has 5 heteroatoms. The molecule has 68 heavy (non-hydrogen) atoms. The van der Waals surface area contributed by atoms with E-state index in [4.69, 9.17) is 9.97 Å². The summed E-state index contributed by atoms with van der Waals surface area (Å²) in [4.78, 5) is 10.6. The molecule has 0 bridgehead atoms. The van der Waals surface area contributed by atoms with E-state index in [2.05, 4.69) is 222 Å². The molecule has 0 aliphatic rings. The van der Waals surface area contributed by atoms with E-state index in [1.54, 1.807) is 0 Å². The van der Waals surface area contributed by atoms with Crippen molar-refractivity contribution in [2.24, 2.45) is 0 Å². The van der Waals surface area contributed by atoms with Crippen LogP contribution in [0.15, 0.2) is 134 Å². The topological polar surface area (TPSA) is 50.9 Å². The summed E-state index contributed by atoms with van der Waals surface area (Å²) in [6.07, 6.45) is 3.87. The number of para-hydroxylation sites is 1. The monoisotopic (exact) mass is 1080 g/mol. The number of nitrogens with zero attached hydrogens (tertiary/aromatic N) is 3. The molecule has 2 heterocycles. The van der Waals surface area contributed by atoms with Gasteiger partial charge in [0, 0.05) is 33.0 Å². The Kier molecular flexibility index (Phi) is 14.2. The first kappa shape index (κ1) is 50.1. The molecule has 0 aliphatic carbocycles. The Labute approximate surface area is 420 Å². The van der Waals surface area contributed by atoms with E-state index in [9.17, 15) is 5.11 Å². The molecule has 0 fully saturated rings. The van der Waals surface area contributed by atoms with Crippen LogP contribution in [0.2, 0.25) is 0 Å². The van der Waals surface area contributed by atoms with E-state index in [0.29, 0.717) is 11.4 Å². The fraction of sp³-hybridized carbons (Fsp3) is 0.302. The predicted molar refractivity (Wildman–Crippen MR) is 285 cm³/mol. The fourth-order valence-electron chi connectivity index (χ4n) is 9.40. The van der Waals surface area contributed by atoms with Gasteiger partial charge in [-0.3, -0.25) is 9.55 Å². The van der Waals surface area contributed by atoms with E-state index in [-0.39, 0.29) is 49.0 Å². The molecule has 0 saturated heterocycles. The van der Waals surface area contributed by atoms with Gasteiger partial charge in [-0.25, -0.2) is 4.98 Å². The molecule has 2 aromatic heterocycles. The summed E-state index contributed by atoms with van der Waals surface area (Å²) in [5.41, 5.74) is 19.4. The number of phenols is 1. The summed E-state index contributed by atoms with van der Waals surface area (Å²) in [7, 11) is 0. The largest absolute Gasteiger partial charge is 0.507 e. The number of rotatable bonds is 10. The van der Waals surface area contributed by atoms with E-state index in [1.807, 2.05) is 12.3 Å². The van der Waals surface area contributed by atoms with Crippen molar-refractivity contribution in [2.45, 2.75) is 125 Å². The molecule has 4 nitrogen and oxygen atoms in total. The Morgan fingerprint density at radius 2 is 1.37 bits per heavy atom.